The van der Waals surface area contributed by atoms with Crippen LogP contribution >= 0.6 is 12.6 Å². The lowest BCUT2D eigenvalue weighted by Crippen LogP contribution is -2.35. The summed E-state index contributed by atoms with van der Waals surface area (Å²) in [5.41, 5.74) is 1.02. The summed E-state index contributed by atoms with van der Waals surface area (Å²) in [6.45, 7) is 4.01. The molecule has 0 atom stereocenters. The molecule has 0 aromatic heterocycles. The number of benzene rings is 1. The van der Waals surface area contributed by atoms with Gasteiger partial charge in [0.25, 0.3) is 17.7 Å². The van der Waals surface area contributed by atoms with Gasteiger partial charge in [-0.3, -0.25) is 19.3 Å². The van der Waals surface area contributed by atoms with Crippen LogP contribution in [-0.4, -0.2) is 41.0 Å². The summed E-state index contributed by atoms with van der Waals surface area (Å²) in [4.78, 5) is 37.4. The van der Waals surface area contributed by atoms with Crippen LogP contribution in [-0.2, 0) is 0 Å². The Kier molecular flexibility index (Phi) is 4.13. The van der Waals surface area contributed by atoms with Gasteiger partial charge in [-0.05, 0) is 32.0 Å². The SMILES string of the molecule is CC(C)N1C(=O)c2ccc(C(=O)NCCS)cc2C1=O. The minimum atomic E-state index is -0.344. The van der Waals surface area contributed by atoms with E-state index in [-0.39, 0.29) is 23.8 Å². The Morgan fingerprint density at radius 1 is 1.25 bits per heavy atom. The monoisotopic (exact) mass is 292 g/mol. The molecule has 1 aliphatic heterocycles. The minimum absolute atomic E-state index is 0.205. The normalized spacial score (nSPS) is 13.9. The predicted molar refractivity (Wildman–Crippen MR) is 78.3 cm³/mol. The van der Waals surface area contributed by atoms with Crippen molar-refractivity contribution >= 4 is 30.4 Å². The number of carbonyl (C=O) groups excluding carboxylic acids is 3. The molecule has 0 spiro atoms. The second-order valence-corrected chi connectivity index (χ2v) is 5.26. The average molecular weight is 292 g/mol. The fraction of sp³-hybridized carbons (Fsp3) is 0.357. The third kappa shape index (κ3) is 2.43. The van der Waals surface area contributed by atoms with Gasteiger partial charge in [-0.2, -0.15) is 12.6 Å². The lowest BCUT2D eigenvalue weighted by molar-refractivity contribution is 0.0609. The molecule has 5 nitrogen and oxygen atoms in total. The van der Waals surface area contributed by atoms with Gasteiger partial charge in [0.05, 0.1) is 11.1 Å². The lowest BCUT2D eigenvalue weighted by Gasteiger charge is -2.17. The Labute approximate surface area is 122 Å². The first kappa shape index (κ1) is 14.6. The smallest absolute Gasteiger partial charge is 0.261 e. The zero-order valence-corrected chi connectivity index (χ0v) is 12.2. The van der Waals surface area contributed by atoms with Gasteiger partial charge in [0.15, 0.2) is 0 Å². The van der Waals surface area contributed by atoms with Gasteiger partial charge < -0.3 is 5.32 Å². The lowest BCUT2D eigenvalue weighted by atomic mass is 10.1. The molecule has 6 heteroatoms. The Bertz CT molecular complexity index is 584. The number of nitrogens with zero attached hydrogens (tertiary/aromatic N) is 1. The van der Waals surface area contributed by atoms with Crippen molar-refractivity contribution in [2.75, 3.05) is 12.3 Å². The van der Waals surface area contributed by atoms with Crippen molar-refractivity contribution in [3.8, 4) is 0 Å². The first-order valence-electron chi connectivity index (χ1n) is 6.38. The largest absolute Gasteiger partial charge is 0.351 e. The maximum absolute atomic E-state index is 12.2. The number of imide groups is 1. The fourth-order valence-corrected chi connectivity index (χ4v) is 2.25. The summed E-state index contributed by atoms with van der Waals surface area (Å²) in [7, 11) is 0. The van der Waals surface area contributed by atoms with Gasteiger partial charge >= 0.3 is 0 Å². The van der Waals surface area contributed by atoms with Gasteiger partial charge in [-0.1, -0.05) is 0 Å². The van der Waals surface area contributed by atoms with Gasteiger partial charge in [-0.15, -0.1) is 0 Å². The highest BCUT2D eigenvalue weighted by Crippen LogP contribution is 2.25. The number of hydrogen-bond acceptors (Lipinski definition) is 4. The van der Waals surface area contributed by atoms with Crippen LogP contribution in [0.5, 0.6) is 0 Å². The van der Waals surface area contributed by atoms with E-state index >= 15 is 0 Å². The molecule has 2 rings (SSSR count). The van der Waals surface area contributed by atoms with Crippen LogP contribution in [0, 0.1) is 0 Å². The van der Waals surface area contributed by atoms with E-state index in [1.807, 2.05) is 0 Å². The maximum Gasteiger partial charge on any atom is 0.261 e. The topological polar surface area (TPSA) is 66.5 Å². The highest BCUT2D eigenvalue weighted by atomic mass is 32.1. The molecule has 3 amide bonds. The number of nitrogens with one attached hydrogen (secondary N) is 1. The quantitative estimate of drug-likeness (QED) is 0.650. The molecule has 0 bridgehead atoms. The van der Waals surface area contributed by atoms with Crippen LogP contribution in [0.4, 0.5) is 0 Å². The molecule has 1 heterocycles. The summed E-state index contributed by atoms with van der Waals surface area (Å²) in [5, 5.41) is 2.67. The van der Waals surface area contributed by atoms with Gasteiger partial charge in [0, 0.05) is 23.9 Å². The molecule has 106 valence electrons. The maximum atomic E-state index is 12.2. The first-order valence-corrected chi connectivity index (χ1v) is 7.01. The van der Waals surface area contributed by atoms with Crippen molar-refractivity contribution in [2.24, 2.45) is 0 Å². The number of hydrogen-bond donors (Lipinski definition) is 2. The van der Waals surface area contributed by atoms with E-state index in [0.717, 1.165) is 0 Å². The van der Waals surface area contributed by atoms with E-state index in [0.29, 0.717) is 29.0 Å². The van der Waals surface area contributed by atoms with E-state index in [1.165, 1.54) is 17.0 Å². The zero-order valence-electron chi connectivity index (χ0n) is 11.3. The molecule has 1 aromatic rings. The molecular formula is C14H16N2O3S. The zero-order chi connectivity index (χ0) is 14.9. The summed E-state index contributed by atoms with van der Waals surface area (Å²) >= 11 is 4.01. The van der Waals surface area contributed by atoms with E-state index in [2.05, 4.69) is 17.9 Å². The van der Waals surface area contributed by atoms with E-state index in [9.17, 15) is 14.4 Å². The van der Waals surface area contributed by atoms with Crippen molar-refractivity contribution in [3.05, 3.63) is 34.9 Å². The minimum Gasteiger partial charge on any atom is -0.351 e. The van der Waals surface area contributed by atoms with E-state index < -0.39 is 0 Å². The highest BCUT2D eigenvalue weighted by molar-refractivity contribution is 7.80. The molecule has 0 fully saturated rings. The first-order chi connectivity index (χ1) is 9.47. The third-order valence-corrected chi connectivity index (χ3v) is 3.32. The summed E-state index contributed by atoms with van der Waals surface area (Å²) in [6.07, 6.45) is 0. The summed E-state index contributed by atoms with van der Waals surface area (Å²) < 4.78 is 0. The molecule has 0 saturated carbocycles. The van der Waals surface area contributed by atoms with Crippen molar-refractivity contribution in [1.29, 1.82) is 0 Å². The van der Waals surface area contributed by atoms with E-state index in [1.54, 1.807) is 19.9 Å². The van der Waals surface area contributed by atoms with Crippen LogP contribution < -0.4 is 5.32 Å². The molecule has 1 aromatic carbocycles. The second kappa shape index (κ2) is 5.66. The number of carbonyl (C=O) groups is 3. The fourth-order valence-electron chi connectivity index (χ4n) is 2.14. The highest BCUT2D eigenvalue weighted by Gasteiger charge is 2.37. The molecule has 0 saturated heterocycles. The predicted octanol–water partition coefficient (Wildman–Crippen LogP) is 1.35. The van der Waals surface area contributed by atoms with Crippen molar-refractivity contribution in [1.82, 2.24) is 10.2 Å². The van der Waals surface area contributed by atoms with Crippen molar-refractivity contribution in [3.63, 3.8) is 0 Å². The molecule has 0 radical (unpaired) electrons. The van der Waals surface area contributed by atoms with Crippen LogP contribution in [0.25, 0.3) is 0 Å². The van der Waals surface area contributed by atoms with Crippen LogP contribution in [0.3, 0.4) is 0 Å². The Morgan fingerprint density at radius 2 is 1.90 bits per heavy atom. The van der Waals surface area contributed by atoms with Crippen molar-refractivity contribution < 1.29 is 14.4 Å². The number of thiol groups is 1. The number of amides is 3. The Hall–Kier alpha value is -1.82. The van der Waals surface area contributed by atoms with Gasteiger partial charge in [0.1, 0.15) is 0 Å². The molecule has 1 N–H and O–H groups in total. The van der Waals surface area contributed by atoms with Crippen LogP contribution in [0.15, 0.2) is 18.2 Å². The van der Waals surface area contributed by atoms with Gasteiger partial charge in [0.2, 0.25) is 0 Å². The standard InChI is InChI=1S/C14H16N2O3S/c1-8(2)16-13(18)10-4-3-9(7-11(10)14(16)19)12(17)15-5-6-20/h3-4,7-8,20H,5-6H2,1-2H3,(H,15,17). The molecule has 0 unspecified atom stereocenters. The third-order valence-electron chi connectivity index (χ3n) is 3.09. The van der Waals surface area contributed by atoms with Crippen LogP contribution in [0.2, 0.25) is 0 Å². The van der Waals surface area contributed by atoms with Crippen molar-refractivity contribution in [2.45, 2.75) is 19.9 Å². The summed E-state index contributed by atoms with van der Waals surface area (Å²) in [6, 6.07) is 4.37. The summed E-state index contributed by atoms with van der Waals surface area (Å²) in [5.74, 6) is -0.383. The van der Waals surface area contributed by atoms with Crippen LogP contribution in [0.1, 0.15) is 44.9 Å². The average Bonchev–Trinajstić information content (AvgIpc) is 2.67. The van der Waals surface area contributed by atoms with E-state index in [4.69, 9.17) is 0 Å². The number of fused-ring (bicyclic) bond motifs is 1. The second-order valence-electron chi connectivity index (χ2n) is 4.81. The molecule has 20 heavy (non-hydrogen) atoms. The number of rotatable bonds is 4. The molecular weight excluding hydrogens is 276 g/mol. The Morgan fingerprint density at radius 3 is 2.50 bits per heavy atom. The molecule has 1 aliphatic rings. The van der Waals surface area contributed by atoms with Gasteiger partial charge in [-0.25, -0.2) is 0 Å². The molecule has 0 aliphatic carbocycles. The Balaban J connectivity index is 2.33.